The summed E-state index contributed by atoms with van der Waals surface area (Å²) in [5.74, 6) is -0.577. The summed E-state index contributed by atoms with van der Waals surface area (Å²) in [5, 5.41) is 4.18. The quantitative estimate of drug-likeness (QED) is 0.756. The highest BCUT2D eigenvalue weighted by molar-refractivity contribution is 7.67. The van der Waals surface area contributed by atoms with E-state index in [0.717, 1.165) is 11.1 Å². The maximum atomic E-state index is 14.2. The lowest BCUT2D eigenvalue weighted by Crippen LogP contribution is -2.37. The number of carbonyl (C=O) groups excluding carboxylic acids is 1. The lowest BCUT2D eigenvalue weighted by atomic mass is 10.1. The Morgan fingerprint density at radius 1 is 1.23 bits per heavy atom. The second kappa shape index (κ2) is 7.07. The zero-order valence-electron chi connectivity index (χ0n) is 15.0. The minimum absolute atomic E-state index is 0.252. The molecule has 3 rings (SSSR count). The van der Waals surface area contributed by atoms with Crippen LogP contribution in [0.25, 0.3) is 0 Å². The molecule has 0 bridgehead atoms. The van der Waals surface area contributed by atoms with Crippen LogP contribution in [0.1, 0.15) is 29.3 Å². The largest absolute Gasteiger partial charge is 0.372 e. The van der Waals surface area contributed by atoms with E-state index in [0.29, 0.717) is 21.6 Å². The van der Waals surface area contributed by atoms with Crippen molar-refractivity contribution in [3.63, 3.8) is 0 Å². The summed E-state index contributed by atoms with van der Waals surface area (Å²) in [7, 11) is -3.46. The number of benzene rings is 2. The lowest BCUT2D eigenvalue weighted by molar-refractivity contribution is -0.118. The second-order valence-electron chi connectivity index (χ2n) is 6.56. The van der Waals surface area contributed by atoms with E-state index in [9.17, 15) is 9.36 Å². The molecule has 138 valence electrons. The predicted molar refractivity (Wildman–Crippen MR) is 106 cm³/mol. The van der Waals surface area contributed by atoms with Crippen molar-refractivity contribution in [1.82, 2.24) is 0 Å². The number of carbonyl (C=O) groups is 1. The summed E-state index contributed by atoms with van der Waals surface area (Å²) in [6.45, 7) is 5.92. The van der Waals surface area contributed by atoms with E-state index in [2.05, 4.69) is 5.32 Å². The fourth-order valence-electron chi connectivity index (χ4n) is 3.58. The maximum Gasteiger partial charge on any atom is 0.242 e. The van der Waals surface area contributed by atoms with E-state index >= 15 is 0 Å². The van der Waals surface area contributed by atoms with Gasteiger partial charge in [-0.05, 0) is 56.7 Å². The Morgan fingerprint density at radius 2 is 1.88 bits per heavy atom. The SMILES string of the molecule is CCOP(=O)(c1cc(C)cc(C)c1)C1c2cc(Cl)ccc2NC1C(N)=O. The van der Waals surface area contributed by atoms with Gasteiger partial charge in [-0.15, -0.1) is 0 Å². The third-order valence-electron chi connectivity index (χ3n) is 4.52. The zero-order chi connectivity index (χ0) is 19.1. The van der Waals surface area contributed by atoms with E-state index in [1.165, 1.54) is 0 Å². The van der Waals surface area contributed by atoms with Gasteiger partial charge in [0.15, 0.2) is 0 Å². The molecule has 2 aromatic rings. The Hall–Kier alpha value is -1.81. The minimum atomic E-state index is -3.46. The van der Waals surface area contributed by atoms with Gasteiger partial charge in [0.2, 0.25) is 13.3 Å². The molecule has 0 saturated carbocycles. The summed E-state index contributed by atoms with van der Waals surface area (Å²) in [4.78, 5) is 12.1. The molecule has 0 spiro atoms. The molecule has 26 heavy (non-hydrogen) atoms. The summed E-state index contributed by atoms with van der Waals surface area (Å²) in [6, 6.07) is 10.1. The molecule has 0 aromatic heterocycles. The number of fused-ring (bicyclic) bond motifs is 1. The highest BCUT2D eigenvalue weighted by atomic mass is 35.5. The zero-order valence-corrected chi connectivity index (χ0v) is 16.6. The summed E-state index contributed by atoms with van der Waals surface area (Å²) >= 11 is 6.17. The molecule has 2 aromatic carbocycles. The molecule has 1 heterocycles. The normalized spacial score (nSPS) is 20.9. The monoisotopic (exact) mass is 392 g/mol. The van der Waals surface area contributed by atoms with E-state index in [1.807, 2.05) is 32.0 Å². The molecule has 0 radical (unpaired) electrons. The first kappa shape index (κ1) is 19.0. The smallest absolute Gasteiger partial charge is 0.242 e. The van der Waals surface area contributed by atoms with Crippen LogP contribution in [0.5, 0.6) is 0 Å². The minimum Gasteiger partial charge on any atom is -0.372 e. The van der Waals surface area contributed by atoms with Crippen LogP contribution < -0.4 is 16.4 Å². The van der Waals surface area contributed by atoms with Crippen LogP contribution in [0.3, 0.4) is 0 Å². The fourth-order valence-corrected chi connectivity index (χ4v) is 6.74. The highest BCUT2D eigenvalue weighted by Crippen LogP contribution is 2.64. The summed E-state index contributed by atoms with van der Waals surface area (Å²) in [5.41, 5.74) is 8.25. The molecule has 1 aliphatic heterocycles. The van der Waals surface area contributed by atoms with Gasteiger partial charge in [-0.2, -0.15) is 0 Å². The number of nitrogens with one attached hydrogen (secondary N) is 1. The van der Waals surface area contributed by atoms with Gasteiger partial charge in [-0.25, -0.2) is 0 Å². The van der Waals surface area contributed by atoms with Crippen LogP contribution in [0.15, 0.2) is 36.4 Å². The Labute approximate surface area is 158 Å². The van der Waals surface area contributed by atoms with E-state index < -0.39 is 25.0 Å². The predicted octanol–water partition coefficient (Wildman–Crippen LogP) is 3.92. The Morgan fingerprint density at radius 3 is 2.46 bits per heavy atom. The van der Waals surface area contributed by atoms with Crippen LogP contribution in [0, 0.1) is 13.8 Å². The first-order chi connectivity index (χ1) is 12.3. The molecular weight excluding hydrogens is 371 g/mol. The molecule has 0 aliphatic carbocycles. The summed E-state index contributed by atoms with van der Waals surface area (Å²) < 4.78 is 20.0. The Bertz CT molecular complexity index is 895. The second-order valence-corrected chi connectivity index (χ2v) is 9.52. The third-order valence-corrected chi connectivity index (χ3v) is 7.68. The highest BCUT2D eigenvalue weighted by Gasteiger charge is 2.49. The average molecular weight is 393 g/mol. The van der Waals surface area contributed by atoms with Gasteiger partial charge in [0.05, 0.1) is 12.3 Å². The van der Waals surface area contributed by atoms with E-state index in [1.54, 1.807) is 25.1 Å². The molecule has 0 saturated heterocycles. The van der Waals surface area contributed by atoms with Gasteiger partial charge in [-0.1, -0.05) is 28.8 Å². The van der Waals surface area contributed by atoms with Gasteiger partial charge in [0.25, 0.3) is 0 Å². The van der Waals surface area contributed by atoms with Crippen LogP contribution in [-0.4, -0.2) is 18.6 Å². The van der Waals surface area contributed by atoms with Crippen molar-refractivity contribution >= 4 is 35.9 Å². The van der Waals surface area contributed by atoms with Crippen molar-refractivity contribution in [3.05, 3.63) is 58.1 Å². The van der Waals surface area contributed by atoms with Crippen molar-refractivity contribution in [2.75, 3.05) is 11.9 Å². The van der Waals surface area contributed by atoms with Gasteiger partial charge in [0.1, 0.15) is 6.04 Å². The van der Waals surface area contributed by atoms with Crippen LogP contribution >= 0.6 is 19.0 Å². The van der Waals surface area contributed by atoms with Crippen molar-refractivity contribution in [1.29, 1.82) is 0 Å². The van der Waals surface area contributed by atoms with Gasteiger partial charge >= 0.3 is 0 Å². The molecule has 1 aliphatic rings. The Balaban J connectivity index is 2.24. The number of primary amides is 1. The number of nitrogens with two attached hydrogens (primary N) is 1. The number of anilines is 1. The van der Waals surface area contributed by atoms with Gasteiger partial charge in [0, 0.05) is 16.0 Å². The molecule has 3 unspecified atom stereocenters. The maximum absolute atomic E-state index is 14.2. The standard InChI is InChI=1S/C19H22ClN2O3P/c1-4-25-26(24,14-8-11(2)7-12(3)9-14)18-15-10-13(20)5-6-16(15)22-17(18)19(21)23/h5-10,17-18,22H,4H2,1-3H3,(H2,21,23). The number of amides is 1. The molecule has 1 amide bonds. The lowest BCUT2D eigenvalue weighted by Gasteiger charge is -2.28. The van der Waals surface area contributed by atoms with E-state index in [-0.39, 0.29) is 6.61 Å². The van der Waals surface area contributed by atoms with Gasteiger partial charge in [-0.3, -0.25) is 9.36 Å². The third kappa shape index (κ3) is 3.27. The van der Waals surface area contributed by atoms with Crippen molar-refractivity contribution in [3.8, 4) is 0 Å². The fraction of sp³-hybridized carbons (Fsp3) is 0.316. The average Bonchev–Trinajstić information content (AvgIpc) is 2.93. The van der Waals surface area contributed by atoms with Crippen LogP contribution in [0.2, 0.25) is 5.02 Å². The molecule has 3 N–H and O–H groups in total. The number of hydrogen-bond donors (Lipinski definition) is 2. The van der Waals surface area contributed by atoms with E-state index in [4.69, 9.17) is 21.9 Å². The van der Waals surface area contributed by atoms with Gasteiger partial charge < -0.3 is 15.6 Å². The first-order valence-electron chi connectivity index (χ1n) is 8.44. The molecular formula is C19H22ClN2O3P. The molecule has 7 heteroatoms. The van der Waals surface area contributed by atoms with Crippen LogP contribution in [0.4, 0.5) is 5.69 Å². The molecule has 5 nitrogen and oxygen atoms in total. The number of hydrogen-bond acceptors (Lipinski definition) is 4. The van der Waals surface area contributed by atoms with Crippen molar-refractivity contribution in [2.24, 2.45) is 5.73 Å². The summed E-state index contributed by atoms with van der Waals surface area (Å²) in [6.07, 6.45) is 0. The molecule has 0 fully saturated rings. The first-order valence-corrected chi connectivity index (χ1v) is 10.5. The van der Waals surface area contributed by atoms with Crippen molar-refractivity contribution < 1.29 is 13.9 Å². The number of halogens is 1. The number of aryl methyl sites for hydroxylation is 2. The van der Waals surface area contributed by atoms with Crippen LogP contribution in [-0.2, 0) is 13.9 Å². The number of rotatable bonds is 5. The topological polar surface area (TPSA) is 81.4 Å². The van der Waals surface area contributed by atoms with Crippen molar-refractivity contribution in [2.45, 2.75) is 32.5 Å². The molecule has 3 atom stereocenters. The Kier molecular flexibility index (Phi) is 5.16.